The van der Waals surface area contributed by atoms with Crippen LogP contribution in [-0.2, 0) is 15.4 Å². The number of nitrogens with one attached hydrogen (secondary N) is 2. The molecule has 0 bridgehead atoms. The Kier molecular flexibility index (Phi) is 2.28. The minimum Gasteiger partial charge on any atom is -0.310 e. The fraction of sp³-hybridized carbons (Fsp3) is 0.333. The molecule has 0 radical (unpaired) electrons. The summed E-state index contributed by atoms with van der Waals surface area (Å²) in [4.78, 5) is 13.4. The number of hydrogen-bond acceptors (Lipinski definition) is 4. The zero-order valence-electron chi connectivity index (χ0n) is 10.3. The van der Waals surface area contributed by atoms with Crippen molar-refractivity contribution in [2.24, 2.45) is 0 Å². The van der Waals surface area contributed by atoms with E-state index < -0.39 is 15.4 Å². The highest BCUT2D eigenvalue weighted by Gasteiger charge is 2.54. The number of hydrogen-bond donors (Lipinski definition) is 2. The van der Waals surface area contributed by atoms with E-state index in [2.05, 4.69) is 5.32 Å². The van der Waals surface area contributed by atoms with Crippen molar-refractivity contribution in [1.29, 1.82) is 5.41 Å². The molecule has 2 aliphatic heterocycles. The Morgan fingerprint density at radius 3 is 2.68 bits per heavy atom. The van der Waals surface area contributed by atoms with Gasteiger partial charge in [0.05, 0.1) is 10.6 Å². The molecule has 1 saturated heterocycles. The zero-order chi connectivity index (χ0) is 13.8. The number of likely N-dealkylation sites (N-methyl/N-ethyl adjacent to an activating group) is 1. The molecule has 3 rings (SSSR count). The number of amidine groups is 1. The van der Waals surface area contributed by atoms with E-state index in [4.69, 9.17) is 5.41 Å². The van der Waals surface area contributed by atoms with Crippen molar-refractivity contribution in [1.82, 2.24) is 10.2 Å². The molecule has 2 heterocycles. The molecule has 7 heteroatoms. The zero-order valence-corrected chi connectivity index (χ0v) is 11.1. The molecule has 19 heavy (non-hydrogen) atoms. The summed E-state index contributed by atoms with van der Waals surface area (Å²) >= 11 is 0. The molecule has 2 amide bonds. The molecule has 2 aliphatic rings. The topological polar surface area (TPSA) is 90.3 Å². The van der Waals surface area contributed by atoms with Crippen molar-refractivity contribution in [3.63, 3.8) is 0 Å². The second kappa shape index (κ2) is 3.57. The first-order valence-corrected chi connectivity index (χ1v) is 7.51. The van der Waals surface area contributed by atoms with Gasteiger partial charge in [-0.05, 0) is 12.5 Å². The Bertz CT molecular complexity index is 698. The highest BCUT2D eigenvalue weighted by atomic mass is 32.2. The van der Waals surface area contributed by atoms with E-state index in [0.29, 0.717) is 5.56 Å². The summed E-state index contributed by atoms with van der Waals surface area (Å²) in [7, 11) is -1.74. The Morgan fingerprint density at radius 1 is 1.37 bits per heavy atom. The van der Waals surface area contributed by atoms with E-state index in [-0.39, 0.29) is 28.9 Å². The number of amides is 2. The molecule has 2 N–H and O–H groups in total. The van der Waals surface area contributed by atoms with Crippen LogP contribution >= 0.6 is 0 Å². The first-order valence-electron chi connectivity index (χ1n) is 5.86. The first kappa shape index (κ1) is 12.2. The average Bonchev–Trinajstić information content (AvgIpc) is 2.59. The van der Waals surface area contributed by atoms with Crippen molar-refractivity contribution >= 4 is 21.7 Å². The molecular formula is C12H13N3O3S. The molecule has 1 unspecified atom stereocenters. The van der Waals surface area contributed by atoms with E-state index in [1.54, 1.807) is 25.2 Å². The SMILES string of the molecule is CN1C(=O)NC(=N)C12CCS(=O)(=O)c1ccccc12. The number of urea groups is 1. The van der Waals surface area contributed by atoms with E-state index >= 15 is 0 Å². The fourth-order valence-corrected chi connectivity index (χ4v) is 4.49. The van der Waals surface area contributed by atoms with Gasteiger partial charge in [0.1, 0.15) is 11.4 Å². The van der Waals surface area contributed by atoms with Crippen LogP contribution in [0.4, 0.5) is 4.79 Å². The summed E-state index contributed by atoms with van der Waals surface area (Å²) in [6, 6.07) is 6.22. The third-order valence-corrected chi connectivity index (χ3v) is 5.69. The monoisotopic (exact) mass is 279 g/mol. The van der Waals surface area contributed by atoms with Crippen LogP contribution in [0, 0.1) is 5.41 Å². The minimum atomic E-state index is -3.33. The highest BCUT2D eigenvalue weighted by Crippen LogP contribution is 2.43. The lowest BCUT2D eigenvalue weighted by molar-refractivity contribution is 0.187. The summed E-state index contributed by atoms with van der Waals surface area (Å²) in [5, 5.41) is 10.5. The maximum absolute atomic E-state index is 12.1. The van der Waals surface area contributed by atoms with E-state index in [1.165, 1.54) is 11.0 Å². The number of sulfone groups is 1. The Balaban J connectivity index is 2.32. The van der Waals surface area contributed by atoms with Gasteiger partial charge in [-0.2, -0.15) is 0 Å². The summed E-state index contributed by atoms with van der Waals surface area (Å²) in [6.07, 6.45) is 0.209. The number of rotatable bonds is 0. The van der Waals surface area contributed by atoms with Crippen LogP contribution in [0.25, 0.3) is 0 Å². The number of benzene rings is 1. The third-order valence-electron chi connectivity index (χ3n) is 3.92. The third kappa shape index (κ3) is 1.39. The second-order valence-corrected chi connectivity index (χ2v) is 6.87. The second-order valence-electron chi connectivity index (χ2n) is 4.79. The van der Waals surface area contributed by atoms with Crippen molar-refractivity contribution < 1.29 is 13.2 Å². The van der Waals surface area contributed by atoms with Gasteiger partial charge in [0.25, 0.3) is 0 Å². The first-order chi connectivity index (χ1) is 8.89. The lowest BCUT2D eigenvalue weighted by atomic mass is 9.85. The van der Waals surface area contributed by atoms with Crippen LogP contribution in [0.3, 0.4) is 0 Å². The number of carbonyl (C=O) groups is 1. The molecule has 100 valence electrons. The van der Waals surface area contributed by atoms with Gasteiger partial charge in [0.15, 0.2) is 9.84 Å². The molecule has 1 spiro atoms. The van der Waals surface area contributed by atoms with E-state index in [0.717, 1.165) is 0 Å². The van der Waals surface area contributed by atoms with Gasteiger partial charge >= 0.3 is 6.03 Å². The van der Waals surface area contributed by atoms with Gasteiger partial charge in [-0.3, -0.25) is 10.7 Å². The van der Waals surface area contributed by atoms with Crippen molar-refractivity contribution in [2.75, 3.05) is 12.8 Å². The predicted octanol–water partition coefficient (Wildman–Crippen LogP) is 0.692. The maximum Gasteiger partial charge on any atom is 0.323 e. The molecular weight excluding hydrogens is 266 g/mol. The van der Waals surface area contributed by atoms with Crippen LogP contribution in [0.1, 0.15) is 12.0 Å². The van der Waals surface area contributed by atoms with Gasteiger partial charge in [0.2, 0.25) is 0 Å². The molecule has 1 aromatic rings. The molecule has 1 fully saturated rings. The molecule has 6 nitrogen and oxygen atoms in total. The summed E-state index contributed by atoms with van der Waals surface area (Å²) in [6.45, 7) is 0. The lowest BCUT2D eigenvalue weighted by Crippen LogP contribution is -2.49. The van der Waals surface area contributed by atoms with Gasteiger partial charge in [-0.1, -0.05) is 18.2 Å². The van der Waals surface area contributed by atoms with Crippen LogP contribution in [0.15, 0.2) is 29.2 Å². The molecule has 0 aliphatic carbocycles. The fourth-order valence-electron chi connectivity index (χ4n) is 2.85. The minimum absolute atomic E-state index is 0.0438. The Morgan fingerprint density at radius 2 is 2.05 bits per heavy atom. The predicted molar refractivity (Wildman–Crippen MR) is 68.8 cm³/mol. The molecule has 0 saturated carbocycles. The van der Waals surface area contributed by atoms with Crippen molar-refractivity contribution in [3.8, 4) is 0 Å². The quantitative estimate of drug-likeness (QED) is 0.732. The largest absolute Gasteiger partial charge is 0.323 e. The van der Waals surface area contributed by atoms with Gasteiger partial charge in [-0.15, -0.1) is 0 Å². The highest BCUT2D eigenvalue weighted by molar-refractivity contribution is 7.91. The summed E-state index contributed by atoms with van der Waals surface area (Å²) < 4.78 is 24.2. The van der Waals surface area contributed by atoms with E-state index in [9.17, 15) is 13.2 Å². The van der Waals surface area contributed by atoms with Crippen LogP contribution in [0.5, 0.6) is 0 Å². The average molecular weight is 279 g/mol. The Hall–Kier alpha value is -1.89. The summed E-state index contributed by atoms with van der Waals surface area (Å²) in [5.41, 5.74) is -0.467. The van der Waals surface area contributed by atoms with Crippen molar-refractivity contribution in [2.45, 2.75) is 16.9 Å². The van der Waals surface area contributed by atoms with Crippen LogP contribution in [0.2, 0.25) is 0 Å². The standard InChI is InChI=1S/C12H13N3O3S/c1-15-11(16)14-10(13)12(15)6-7-19(17,18)9-5-3-2-4-8(9)12/h2-5H,6-7H2,1H3,(H2,13,14,16). The van der Waals surface area contributed by atoms with Crippen LogP contribution < -0.4 is 5.32 Å². The number of nitrogens with zero attached hydrogens (tertiary/aromatic N) is 1. The smallest absolute Gasteiger partial charge is 0.310 e. The molecule has 0 aromatic heterocycles. The lowest BCUT2D eigenvalue weighted by Gasteiger charge is -2.38. The van der Waals surface area contributed by atoms with Gasteiger partial charge in [0, 0.05) is 12.6 Å². The van der Waals surface area contributed by atoms with Gasteiger partial charge in [-0.25, -0.2) is 13.2 Å². The van der Waals surface area contributed by atoms with Gasteiger partial charge < -0.3 is 4.90 Å². The molecule has 1 aromatic carbocycles. The number of fused-ring (bicyclic) bond motifs is 2. The summed E-state index contributed by atoms with van der Waals surface area (Å²) in [5.74, 6) is -0.0200. The Labute approximate surface area is 110 Å². The van der Waals surface area contributed by atoms with Crippen LogP contribution in [-0.4, -0.2) is 38.0 Å². The molecule has 1 atom stereocenters. The normalized spacial score (nSPS) is 28.4. The number of carbonyl (C=O) groups excluding carboxylic acids is 1. The van der Waals surface area contributed by atoms with Crippen molar-refractivity contribution in [3.05, 3.63) is 29.8 Å². The maximum atomic E-state index is 12.1. The van der Waals surface area contributed by atoms with E-state index in [1.807, 2.05) is 0 Å².